The topological polar surface area (TPSA) is 49.4 Å². The lowest BCUT2D eigenvalue weighted by atomic mass is 10.0. The minimum absolute atomic E-state index is 0.0512. The highest BCUT2D eigenvalue weighted by molar-refractivity contribution is 6.36. The maximum atomic E-state index is 12.5. The zero-order valence-corrected chi connectivity index (χ0v) is 16.1. The zero-order chi connectivity index (χ0) is 18.8. The van der Waals surface area contributed by atoms with E-state index in [1.807, 2.05) is 24.3 Å². The Bertz CT molecular complexity index is 834. The number of halogens is 2. The number of anilines is 2. The molecule has 6 heteroatoms. The molecule has 1 aliphatic heterocycles. The van der Waals surface area contributed by atoms with Gasteiger partial charge in [0.15, 0.2) is 0 Å². The van der Waals surface area contributed by atoms with Gasteiger partial charge < -0.3 is 10.2 Å². The molecule has 0 unspecified atom stereocenters. The lowest BCUT2D eigenvalue weighted by Gasteiger charge is -2.18. The predicted molar refractivity (Wildman–Crippen MR) is 106 cm³/mol. The van der Waals surface area contributed by atoms with Crippen LogP contribution in [0.4, 0.5) is 11.4 Å². The molecule has 1 aliphatic rings. The van der Waals surface area contributed by atoms with Crippen molar-refractivity contribution < 1.29 is 9.59 Å². The molecule has 0 aromatic heterocycles. The first-order valence-electron chi connectivity index (χ1n) is 8.51. The Labute approximate surface area is 163 Å². The normalized spacial score (nSPS) is 17.0. The van der Waals surface area contributed by atoms with E-state index in [0.29, 0.717) is 28.2 Å². The highest BCUT2D eigenvalue weighted by Gasteiger charge is 2.35. The van der Waals surface area contributed by atoms with Crippen molar-refractivity contribution in [2.75, 3.05) is 16.8 Å². The van der Waals surface area contributed by atoms with Crippen LogP contribution in [-0.2, 0) is 9.59 Å². The van der Waals surface area contributed by atoms with Crippen LogP contribution in [0, 0.1) is 5.92 Å². The second-order valence-electron chi connectivity index (χ2n) is 6.77. The number of rotatable bonds is 4. The summed E-state index contributed by atoms with van der Waals surface area (Å²) in [5.74, 6) is -0.256. The second-order valence-corrected chi connectivity index (χ2v) is 7.61. The molecule has 0 radical (unpaired) electrons. The van der Waals surface area contributed by atoms with Gasteiger partial charge in [-0.25, -0.2) is 0 Å². The van der Waals surface area contributed by atoms with Gasteiger partial charge in [-0.05, 0) is 41.8 Å². The number of carbonyl (C=O) groups is 2. The number of amides is 2. The predicted octanol–water partition coefficient (Wildman–Crippen LogP) is 5.11. The Morgan fingerprint density at radius 2 is 1.85 bits per heavy atom. The summed E-state index contributed by atoms with van der Waals surface area (Å²) in [6.45, 7) is 4.60. The van der Waals surface area contributed by atoms with Crippen LogP contribution in [0.25, 0.3) is 0 Å². The van der Waals surface area contributed by atoms with Gasteiger partial charge in [0.05, 0.1) is 16.6 Å². The quantitative estimate of drug-likeness (QED) is 0.788. The number of nitrogens with one attached hydrogen (secondary N) is 1. The van der Waals surface area contributed by atoms with Gasteiger partial charge in [-0.15, -0.1) is 0 Å². The molecule has 1 saturated heterocycles. The van der Waals surface area contributed by atoms with Crippen molar-refractivity contribution in [2.24, 2.45) is 5.92 Å². The maximum absolute atomic E-state index is 12.5. The van der Waals surface area contributed by atoms with Crippen LogP contribution in [-0.4, -0.2) is 18.4 Å². The minimum Gasteiger partial charge on any atom is -0.324 e. The fourth-order valence-electron chi connectivity index (χ4n) is 3.00. The summed E-state index contributed by atoms with van der Waals surface area (Å²) in [5, 5.41) is 3.66. The van der Waals surface area contributed by atoms with Crippen molar-refractivity contribution in [3.05, 3.63) is 58.1 Å². The van der Waals surface area contributed by atoms with Crippen molar-refractivity contribution in [1.29, 1.82) is 0 Å². The fourth-order valence-corrected chi connectivity index (χ4v) is 3.45. The number of hydrogen-bond acceptors (Lipinski definition) is 2. The summed E-state index contributed by atoms with van der Waals surface area (Å²) in [6.07, 6.45) is 0.184. The molecule has 0 spiro atoms. The number of carbonyl (C=O) groups excluding carboxylic acids is 2. The monoisotopic (exact) mass is 390 g/mol. The Morgan fingerprint density at radius 1 is 1.15 bits per heavy atom. The minimum atomic E-state index is -0.418. The molecule has 3 rings (SSSR count). The molecule has 1 heterocycles. The molecule has 26 heavy (non-hydrogen) atoms. The van der Waals surface area contributed by atoms with Gasteiger partial charge in [-0.1, -0.05) is 49.2 Å². The van der Waals surface area contributed by atoms with Crippen LogP contribution in [0.5, 0.6) is 0 Å². The summed E-state index contributed by atoms with van der Waals surface area (Å²) in [5.41, 5.74) is 2.53. The molecule has 2 amide bonds. The van der Waals surface area contributed by atoms with Crippen molar-refractivity contribution in [3.8, 4) is 0 Å². The molecule has 136 valence electrons. The van der Waals surface area contributed by atoms with E-state index in [-0.39, 0.29) is 18.2 Å². The van der Waals surface area contributed by atoms with Gasteiger partial charge in [0.1, 0.15) is 0 Å². The molecule has 1 fully saturated rings. The first-order valence-corrected chi connectivity index (χ1v) is 9.27. The number of benzene rings is 2. The Hall–Kier alpha value is -2.04. The SMILES string of the molecule is CC(C)c1ccc(N2C[C@@H](C(=O)Nc3ccc(Cl)cc3Cl)CC2=O)cc1. The van der Waals surface area contributed by atoms with Crippen LogP contribution in [0.15, 0.2) is 42.5 Å². The molecule has 4 nitrogen and oxygen atoms in total. The van der Waals surface area contributed by atoms with Gasteiger partial charge in [0, 0.05) is 23.7 Å². The van der Waals surface area contributed by atoms with E-state index in [9.17, 15) is 9.59 Å². The van der Waals surface area contributed by atoms with E-state index in [1.54, 1.807) is 23.1 Å². The summed E-state index contributed by atoms with van der Waals surface area (Å²) < 4.78 is 0. The molecule has 0 bridgehead atoms. The summed E-state index contributed by atoms with van der Waals surface area (Å²) in [6, 6.07) is 12.8. The lowest BCUT2D eigenvalue weighted by molar-refractivity contribution is -0.122. The summed E-state index contributed by atoms with van der Waals surface area (Å²) in [4.78, 5) is 26.6. The standard InChI is InChI=1S/C20H20Cl2N2O2/c1-12(2)13-3-6-16(7-4-13)24-11-14(9-19(24)25)20(26)23-18-8-5-15(21)10-17(18)22/h3-8,10,12,14H,9,11H2,1-2H3,(H,23,26)/t14-/m0/s1. The van der Waals surface area contributed by atoms with E-state index < -0.39 is 5.92 Å². The van der Waals surface area contributed by atoms with E-state index in [0.717, 1.165) is 5.69 Å². The molecule has 1 atom stereocenters. The lowest BCUT2D eigenvalue weighted by Crippen LogP contribution is -2.28. The molecule has 0 aliphatic carbocycles. The summed E-state index contributed by atoms with van der Waals surface area (Å²) in [7, 11) is 0. The molecule has 0 saturated carbocycles. The van der Waals surface area contributed by atoms with Crippen molar-refractivity contribution in [1.82, 2.24) is 0 Å². The summed E-state index contributed by atoms with van der Waals surface area (Å²) >= 11 is 12.0. The molecular formula is C20H20Cl2N2O2. The third-order valence-electron chi connectivity index (χ3n) is 4.56. The highest BCUT2D eigenvalue weighted by Crippen LogP contribution is 2.29. The second kappa shape index (κ2) is 7.68. The van der Waals surface area contributed by atoms with Gasteiger partial charge in [-0.2, -0.15) is 0 Å². The number of hydrogen-bond donors (Lipinski definition) is 1. The largest absolute Gasteiger partial charge is 0.324 e. The highest BCUT2D eigenvalue weighted by atomic mass is 35.5. The van der Waals surface area contributed by atoms with Crippen LogP contribution in [0.3, 0.4) is 0 Å². The molecular weight excluding hydrogens is 371 g/mol. The molecule has 1 N–H and O–H groups in total. The average Bonchev–Trinajstić information content (AvgIpc) is 2.99. The maximum Gasteiger partial charge on any atom is 0.229 e. The van der Waals surface area contributed by atoms with Crippen LogP contribution >= 0.6 is 23.2 Å². The number of nitrogens with zero attached hydrogens (tertiary/aromatic N) is 1. The molecule has 2 aromatic carbocycles. The van der Waals surface area contributed by atoms with Crippen molar-refractivity contribution in [2.45, 2.75) is 26.2 Å². The fraction of sp³-hybridized carbons (Fsp3) is 0.300. The van der Waals surface area contributed by atoms with E-state index >= 15 is 0 Å². The van der Waals surface area contributed by atoms with Crippen LogP contribution in [0.1, 0.15) is 31.7 Å². The third-order valence-corrected chi connectivity index (χ3v) is 5.10. The average molecular weight is 391 g/mol. The van der Waals surface area contributed by atoms with Gasteiger partial charge in [-0.3, -0.25) is 9.59 Å². The van der Waals surface area contributed by atoms with E-state index in [2.05, 4.69) is 19.2 Å². The van der Waals surface area contributed by atoms with E-state index in [4.69, 9.17) is 23.2 Å². The third kappa shape index (κ3) is 4.02. The first kappa shape index (κ1) is 18.7. The van der Waals surface area contributed by atoms with Crippen molar-refractivity contribution >= 4 is 46.4 Å². The Balaban J connectivity index is 1.69. The van der Waals surface area contributed by atoms with E-state index in [1.165, 1.54) is 5.56 Å². The molecule has 2 aromatic rings. The van der Waals surface area contributed by atoms with Crippen LogP contribution in [0.2, 0.25) is 10.0 Å². The van der Waals surface area contributed by atoms with Gasteiger partial charge >= 0.3 is 0 Å². The first-order chi connectivity index (χ1) is 12.3. The smallest absolute Gasteiger partial charge is 0.229 e. The Kier molecular flexibility index (Phi) is 5.54. The van der Waals surface area contributed by atoms with Gasteiger partial charge in [0.25, 0.3) is 0 Å². The van der Waals surface area contributed by atoms with Crippen molar-refractivity contribution in [3.63, 3.8) is 0 Å². The van der Waals surface area contributed by atoms with Crippen LogP contribution < -0.4 is 10.2 Å². The Morgan fingerprint density at radius 3 is 2.46 bits per heavy atom. The zero-order valence-electron chi connectivity index (χ0n) is 14.6. The van der Waals surface area contributed by atoms with Gasteiger partial charge in [0.2, 0.25) is 11.8 Å².